The van der Waals surface area contributed by atoms with Crippen LogP contribution in [0.25, 0.3) is 0 Å². The summed E-state index contributed by atoms with van der Waals surface area (Å²) in [6.07, 6.45) is 0.703. The van der Waals surface area contributed by atoms with E-state index in [-0.39, 0.29) is 11.1 Å². The summed E-state index contributed by atoms with van der Waals surface area (Å²) in [5.74, 6) is 1.06. The fourth-order valence-corrected chi connectivity index (χ4v) is 1.95. The van der Waals surface area contributed by atoms with Crippen LogP contribution in [-0.2, 0) is 0 Å². The summed E-state index contributed by atoms with van der Waals surface area (Å²) in [6, 6.07) is 1.57. The average molecular weight is 259 g/mol. The summed E-state index contributed by atoms with van der Waals surface area (Å²) in [7, 11) is 0. The predicted octanol–water partition coefficient (Wildman–Crippen LogP) is 1.92. The minimum atomic E-state index is -0.791. The quantitative estimate of drug-likeness (QED) is 0.703. The van der Waals surface area contributed by atoms with Crippen LogP contribution in [0.1, 0.15) is 27.2 Å². The topological polar surface area (TPSA) is 84.1 Å². The number of halogens is 1. The van der Waals surface area contributed by atoms with E-state index in [4.69, 9.17) is 17.3 Å². The minimum Gasteiger partial charge on any atom is -0.388 e. The van der Waals surface area contributed by atoms with Crippen LogP contribution < -0.4 is 11.1 Å². The Hall–Kier alpha value is -1.07. The van der Waals surface area contributed by atoms with Gasteiger partial charge in [0, 0.05) is 12.6 Å². The van der Waals surface area contributed by atoms with Gasteiger partial charge in [-0.25, -0.2) is 4.98 Å². The Bertz CT molecular complexity index is 361. The van der Waals surface area contributed by atoms with Gasteiger partial charge in [0.25, 0.3) is 0 Å². The van der Waals surface area contributed by atoms with Crippen LogP contribution in [0.3, 0.4) is 0 Å². The molecule has 4 N–H and O–H groups in total. The van der Waals surface area contributed by atoms with Gasteiger partial charge in [0.1, 0.15) is 11.0 Å². The first-order valence-corrected chi connectivity index (χ1v) is 5.92. The first-order chi connectivity index (χ1) is 7.78. The van der Waals surface area contributed by atoms with Gasteiger partial charge in [0.05, 0.1) is 5.60 Å². The Balaban J connectivity index is 2.60. The molecule has 1 atom stereocenters. The van der Waals surface area contributed by atoms with Crippen molar-refractivity contribution < 1.29 is 5.11 Å². The molecule has 0 aromatic carbocycles. The molecule has 1 unspecified atom stereocenters. The smallest absolute Gasteiger partial charge is 0.223 e. The van der Waals surface area contributed by atoms with Crippen LogP contribution in [0.4, 0.5) is 11.8 Å². The SMILES string of the molecule is CC(C)CC(C)(O)CNc1cc(Cl)nc(N)n1. The molecule has 0 aliphatic rings. The van der Waals surface area contributed by atoms with Crippen LogP contribution in [0.2, 0.25) is 5.15 Å². The second-order valence-corrected chi connectivity index (χ2v) is 5.27. The number of rotatable bonds is 5. The van der Waals surface area contributed by atoms with Gasteiger partial charge >= 0.3 is 0 Å². The second kappa shape index (κ2) is 5.51. The van der Waals surface area contributed by atoms with Crippen molar-refractivity contribution in [3.05, 3.63) is 11.2 Å². The van der Waals surface area contributed by atoms with Gasteiger partial charge < -0.3 is 16.2 Å². The molecule has 1 rings (SSSR count). The highest BCUT2D eigenvalue weighted by molar-refractivity contribution is 6.29. The summed E-state index contributed by atoms with van der Waals surface area (Å²) in [5.41, 5.74) is 4.68. The zero-order valence-electron chi connectivity index (χ0n) is 10.4. The first kappa shape index (κ1) is 14.0. The van der Waals surface area contributed by atoms with Crippen molar-refractivity contribution in [3.63, 3.8) is 0 Å². The van der Waals surface area contributed by atoms with Crippen molar-refractivity contribution in [2.45, 2.75) is 32.8 Å². The highest BCUT2D eigenvalue weighted by Crippen LogP contribution is 2.18. The zero-order chi connectivity index (χ0) is 13.1. The molecule has 1 aromatic heterocycles. The number of nitrogens with one attached hydrogen (secondary N) is 1. The molecule has 96 valence electrons. The molecule has 1 heterocycles. The Kier molecular flexibility index (Phi) is 4.54. The molecule has 0 bridgehead atoms. The molecule has 5 nitrogen and oxygen atoms in total. The lowest BCUT2D eigenvalue weighted by Gasteiger charge is -2.25. The van der Waals surface area contributed by atoms with Crippen LogP contribution in [0.15, 0.2) is 6.07 Å². The van der Waals surface area contributed by atoms with E-state index in [0.717, 1.165) is 0 Å². The van der Waals surface area contributed by atoms with Gasteiger partial charge in [-0.2, -0.15) is 4.98 Å². The minimum absolute atomic E-state index is 0.114. The largest absolute Gasteiger partial charge is 0.388 e. The number of anilines is 2. The number of nitrogens with zero attached hydrogens (tertiary/aromatic N) is 2. The zero-order valence-corrected chi connectivity index (χ0v) is 11.1. The number of aliphatic hydroxyl groups is 1. The van der Waals surface area contributed by atoms with E-state index in [1.165, 1.54) is 0 Å². The number of nitrogens with two attached hydrogens (primary N) is 1. The standard InChI is InChI=1S/C11H19ClN4O/c1-7(2)5-11(3,17)6-14-9-4-8(12)15-10(13)16-9/h4,7,17H,5-6H2,1-3H3,(H3,13,14,15,16). The number of hydrogen-bond acceptors (Lipinski definition) is 5. The van der Waals surface area contributed by atoms with Gasteiger partial charge in [-0.1, -0.05) is 25.4 Å². The molecule has 6 heteroatoms. The van der Waals surface area contributed by atoms with E-state index in [0.29, 0.717) is 24.7 Å². The molecule has 0 saturated carbocycles. The van der Waals surface area contributed by atoms with Gasteiger partial charge in [-0.05, 0) is 19.3 Å². The molecular formula is C11H19ClN4O. The Morgan fingerprint density at radius 1 is 1.53 bits per heavy atom. The molecule has 0 aliphatic carbocycles. The Labute approximate surface area is 106 Å². The highest BCUT2D eigenvalue weighted by Gasteiger charge is 2.21. The van der Waals surface area contributed by atoms with Crippen molar-refractivity contribution in [3.8, 4) is 0 Å². The lowest BCUT2D eigenvalue weighted by molar-refractivity contribution is 0.0515. The molecule has 0 aliphatic heterocycles. The molecular weight excluding hydrogens is 240 g/mol. The van der Waals surface area contributed by atoms with E-state index in [9.17, 15) is 5.11 Å². The summed E-state index contributed by atoms with van der Waals surface area (Å²) >= 11 is 5.75. The summed E-state index contributed by atoms with van der Waals surface area (Å²) in [5, 5.41) is 13.4. The van der Waals surface area contributed by atoms with Crippen LogP contribution in [-0.4, -0.2) is 27.2 Å². The summed E-state index contributed by atoms with van der Waals surface area (Å²) < 4.78 is 0. The van der Waals surface area contributed by atoms with Crippen molar-refractivity contribution >= 4 is 23.4 Å². The Morgan fingerprint density at radius 2 is 2.18 bits per heavy atom. The van der Waals surface area contributed by atoms with Crippen LogP contribution >= 0.6 is 11.6 Å². The predicted molar refractivity (Wildman–Crippen MR) is 70.0 cm³/mol. The molecule has 0 radical (unpaired) electrons. The molecule has 0 saturated heterocycles. The highest BCUT2D eigenvalue weighted by atomic mass is 35.5. The monoisotopic (exact) mass is 258 g/mol. The van der Waals surface area contributed by atoms with Crippen LogP contribution in [0.5, 0.6) is 0 Å². The number of nitrogen functional groups attached to an aromatic ring is 1. The van der Waals surface area contributed by atoms with Crippen molar-refractivity contribution in [2.75, 3.05) is 17.6 Å². The van der Waals surface area contributed by atoms with Gasteiger partial charge in [0.15, 0.2) is 0 Å². The molecule has 17 heavy (non-hydrogen) atoms. The normalized spacial score (nSPS) is 14.7. The molecule has 0 amide bonds. The fraction of sp³-hybridized carbons (Fsp3) is 0.636. The third kappa shape index (κ3) is 5.19. The van der Waals surface area contributed by atoms with Gasteiger partial charge in [-0.3, -0.25) is 0 Å². The van der Waals surface area contributed by atoms with E-state index >= 15 is 0 Å². The van der Waals surface area contributed by atoms with Crippen LogP contribution in [0, 0.1) is 5.92 Å². The maximum Gasteiger partial charge on any atom is 0.223 e. The first-order valence-electron chi connectivity index (χ1n) is 5.55. The maximum atomic E-state index is 10.1. The van der Waals surface area contributed by atoms with E-state index in [1.807, 2.05) is 0 Å². The lowest BCUT2D eigenvalue weighted by atomic mass is 9.94. The number of hydrogen-bond donors (Lipinski definition) is 3. The fourth-order valence-electron chi connectivity index (χ4n) is 1.76. The third-order valence-electron chi connectivity index (χ3n) is 2.21. The van der Waals surface area contributed by atoms with Gasteiger partial charge in [0.2, 0.25) is 5.95 Å². The van der Waals surface area contributed by atoms with Crippen molar-refractivity contribution in [1.82, 2.24) is 9.97 Å². The summed E-state index contributed by atoms with van der Waals surface area (Å²) in [4.78, 5) is 7.73. The Morgan fingerprint density at radius 3 is 2.71 bits per heavy atom. The maximum absolute atomic E-state index is 10.1. The lowest BCUT2D eigenvalue weighted by Crippen LogP contribution is -2.35. The average Bonchev–Trinajstić information content (AvgIpc) is 2.11. The van der Waals surface area contributed by atoms with E-state index < -0.39 is 5.60 Å². The van der Waals surface area contributed by atoms with Crippen molar-refractivity contribution in [1.29, 1.82) is 0 Å². The summed E-state index contributed by atoms with van der Waals surface area (Å²) in [6.45, 7) is 6.30. The molecule has 0 spiro atoms. The van der Waals surface area contributed by atoms with E-state index in [1.54, 1.807) is 13.0 Å². The number of aromatic nitrogens is 2. The second-order valence-electron chi connectivity index (χ2n) is 4.88. The van der Waals surface area contributed by atoms with Crippen molar-refractivity contribution in [2.24, 2.45) is 5.92 Å². The van der Waals surface area contributed by atoms with Gasteiger partial charge in [-0.15, -0.1) is 0 Å². The third-order valence-corrected chi connectivity index (χ3v) is 2.40. The molecule has 1 aromatic rings. The molecule has 0 fully saturated rings. The van der Waals surface area contributed by atoms with E-state index in [2.05, 4.69) is 29.1 Å².